The molecule has 4 rings (SSSR count). The summed E-state index contributed by atoms with van der Waals surface area (Å²) in [5.74, 6) is -2.57. The van der Waals surface area contributed by atoms with Crippen LogP contribution in [0.3, 0.4) is 0 Å². The van der Waals surface area contributed by atoms with Gasteiger partial charge in [0.1, 0.15) is 5.75 Å². The highest BCUT2D eigenvalue weighted by molar-refractivity contribution is 6.05. The van der Waals surface area contributed by atoms with Gasteiger partial charge >= 0.3 is 18.3 Å². The Bertz CT molecular complexity index is 1190. The van der Waals surface area contributed by atoms with Gasteiger partial charge in [0, 0.05) is 29.6 Å². The number of anilines is 2. The molecular weight excluding hydrogens is 478 g/mol. The first-order chi connectivity index (χ1) is 16.4. The van der Waals surface area contributed by atoms with Crippen LogP contribution in [-0.4, -0.2) is 31.1 Å². The molecule has 0 atom stereocenters. The zero-order valence-corrected chi connectivity index (χ0v) is 18.2. The second-order valence-corrected chi connectivity index (χ2v) is 8.22. The average Bonchev–Trinajstić information content (AvgIpc) is 2.98. The number of hydrogen-bond donors (Lipinski definition) is 1. The summed E-state index contributed by atoms with van der Waals surface area (Å²) in [5, 5.41) is 2.57. The number of carbonyl (C=O) groups is 2. The van der Waals surface area contributed by atoms with E-state index in [2.05, 4.69) is 5.32 Å². The molecule has 0 unspecified atom stereocenters. The molecule has 2 heterocycles. The van der Waals surface area contributed by atoms with E-state index < -0.39 is 29.7 Å². The van der Waals surface area contributed by atoms with Gasteiger partial charge in [0.05, 0.1) is 12.2 Å². The third-order valence-electron chi connectivity index (χ3n) is 5.77. The van der Waals surface area contributed by atoms with E-state index in [1.807, 2.05) is 0 Å². The van der Waals surface area contributed by atoms with Gasteiger partial charge in [-0.05, 0) is 61.1 Å². The van der Waals surface area contributed by atoms with Gasteiger partial charge in [-0.25, -0.2) is 0 Å². The molecule has 2 aliphatic heterocycles. The summed E-state index contributed by atoms with van der Waals surface area (Å²) in [7, 11) is 0. The maximum atomic E-state index is 13.1. The van der Waals surface area contributed by atoms with Crippen LogP contribution < -0.4 is 15.0 Å². The van der Waals surface area contributed by atoms with E-state index in [0.29, 0.717) is 47.3 Å². The van der Waals surface area contributed by atoms with Crippen molar-refractivity contribution in [2.75, 3.05) is 23.4 Å². The first kappa shape index (κ1) is 24.6. The van der Waals surface area contributed by atoms with E-state index in [1.165, 1.54) is 24.3 Å². The summed E-state index contributed by atoms with van der Waals surface area (Å²) in [6.45, 7) is 0.0879. The number of hydrogen-bond acceptors (Lipinski definition) is 3. The van der Waals surface area contributed by atoms with Gasteiger partial charge in [0.2, 0.25) is 5.91 Å². The predicted octanol–water partition coefficient (Wildman–Crippen LogP) is 5.74. The fourth-order valence-corrected chi connectivity index (χ4v) is 4.17. The molecule has 186 valence electrons. The standard InChI is InChI=1S/C24H20F6N2O3/c25-23(26,27)16-6-8-18-15(4-2-10-35-20(18)12-16)11-21(33)31-17-7-5-14-3-1-9-32(19(14)13-17)22(34)24(28,29)30/h5-8,11-13H,1-4,9-10H2,(H,31,33)/b15-11+. The molecule has 0 aromatic heterocycles. The van der Waals surface area contributed by atoms with E-state index in [0.717, 1.165) is 12.1 Å². The minimum Gasteiger partial charge on any atom is -0.493 e. The molecule has 0 saturated carbocycles. The molecular formula is C24H20F6N2O3. The lowest BCUT2D eigenvalue weighted by Gasteiger charge is -2.30. The zero-order chi connectivity index (χ0) is 25.4. The van der Waals surface area contributed by atoms with Gasteiger partial charge in [-0.2, -0.15) is 26.3 Å². The van der Waals surface area contributed by atoms with Crippen LogP contribution in [0.2, 0.25) is 0 Å². The van der Waals surface area contributed by atoms with E-state index >= 15 is 0 Å². The number of carbonyl (C=O) groups excluding carboxylic acids is 2. The number of amides is 2. The number of rotatable bonds is 2. The summed E-state index contributed by atoms with van der Waals surface area (Å²) >= 11 is 0. The van der Waals surface area contributed by atoms with E-state index in [-0.39, 0.29) is 30.3 Å². The largest absolute Gasteiger partial charge is 0.493 e. The highest BCUT2D eigenvalue weighted by Gasteiger charge is 2.44. The third-order valence-corrected chi connectivity index (χ3v) is 5.77. The molecule has 1 N–H and O–H groups in total. The normalized spacial score (nSPS) is 17.2. The molecule has 0 radical (unpaired) electrons. The van der Waals surface area contributed by atoms with Gasteiger partial charge < -0.3 is 15.0 Å². The predicted molar refractivity (Wildman–Crippen MR) is 116 cm³/mol. The second kappa shape index (κ2) is 9.27. The van der Waals surface area contributed by atoms with Crippen LogP contribution in [0.25, 0.3) is 5.57 Å². The number of nitrogens with one attached hydrogen (secondary N) is 1. The Balaban J connectivity index is 1.58. The van der Waals surface area contributed by atoms with Crippen LogP contribution in [0.1, 0.15) is 36.0 Å². The lowest BCUT2D eigenvalue weighted by molar-refractivity contribution is -0.170. The van der Waals surface area contributed by atoms with E-state index in [1.54, 1.807) is 6.07 Å². The Labute approximate surface area is 196 Å². The van der Waals surface area contributed by atoms with Crippen molar-refractivity contribution in [1.29, 1.82) is 0 Å². The van der Waals surface area contributed by atoms with Crippen LogP contribution >= 0.6 is 0 Å². The van der Waals surface area contributed by atoms with Crippen LogP contribution in [0.15, 0.2) is 42.5 Å². The number of halogens is 6. The van der Waals surface area contributed by atoms with Crippen molar-refractivity contribution in [3.05, 3.63) is 59.2 Å². The van der Waals surface area contributed by atoms with Crippen molar-refractivity contribution in [2.24, 2.45) is 0 Å². The smallest absolute Gasteiger partial charge is 0.471 e. The van der Waals surface area contributed by atoms with Crippen LogP contribution in [0, 0.1) is 0 Å². The molecule has 35 heavy (non-hydrogen) atoms. The summed E-state index contributed by atoms with van der Waals surface area (Å²) in [5.41, 5.74) is 0.782. The number of benzene rings is 2. The van der Waals surface area contributed by atoms with Crippen molar-refractivity contribution < 1.29 is 40.7 Å². The molecule has 0 fully saturated rings. The van der Waals surface area contributed by atoms with Gasteiger partial charge in [-0.15, -0.1) is 0 Å². The molecule has 2 aliphatic rings. The molecule has 0 spiro atoms. The Kier molecular flexibility index (Phi) is 6.52. The molecule has 0 bridgehead atoms. The number of alkyl halides is 6. The summed E-state index contributed by atoms with van der Waals surface area (Å²) in [6, 6.07) is 7.45. The Morgan fingerprint density at radius 1 is 0.971 bits per heavy atom. The van der Waals surface area contributed by atoms with Crippen molar-refractivity contribution in [2.45, 2.75) is 38.0 Å². The maximum Gasteiger partial charge on any atom is 0.471 e. The second-order valence-electron chi connectivity index (χ2n) is 8.22. The number of allylic oxidation sites excluding steroid dienone is 1. The Morgan fingerprint density at radius 2 is 1.74 bits per heavy atom. The van der Waals surface area contributed by atoms with Crippen LogP contribution in [0.4, 0.5) is 37.7 Å². The van der Waals surface area contributed by atoms with Crippen molar-refractivity contribution in [3.8, 4) is 5.75 Å². The molecule has 2 aromatic carbocycles. The molecule has 11 heteroatoms. The SMILES string of the molecule is O=C(/C=C1\CCCOc2cc(C(F)(F)F)ccc21)Nc1ccc2c(c1)N(C(=O)C(F)(F)F)CCC2. The summed E-state index contributed by atoms with van der Waals surface area (Å²) in [6.07, 6.45) is -6.61. The number of fused-ring (bicyclic) bond motifs is 2. The Hall–Kier alpha value is -3.50. The first-order valence-electron chi connectivity index (χ1n) is 10.8. The van der Waals surface area contributed by atoms with Crippen molar-refractivity contribution in [1.82, 2.24) is 0 Å². The molecule has 0 aliphatic carbocycles. The van der Waals surface area contributed by atoms with Gasteiger partial charge in [0.15, 0.2) is 0 Å². The number of aryl methyl sites for hydroxylation is 1. The lowest BCUT2D eigenvalue weighted by Crippen LogP contribution is -2.43. The third kappa shape index (κ3) is 5.44. The minimum absolute atomic E-state index is 0.0199. The highest BCUT2D eigenvalue weighted by Crippen LogP contribution is 2.38. The maximum absolute atomic E-state index is 13.1. The minimum atomic E-state index is -5.03. The van der Waals surface area contributed by atoms with Crippen molar-refractivity contribution in [3.63, 3.8) is 0 Å². The summed E-state index contributed by atoms with van der Waals surface area (Å²) in [4.78, 5) is 25.2. The quantitative estimate of drug-likeness (QED) is 0.424. The highest BCUT2D eigenvalue weighted by atomic mass is 19.4. The molecule has 0 saturated heterocycles. The first-order valence-corrected chi connectivity index (χ1v) is 10.8. The fourth-order valence-electron chi connectivity index (χ4n) is 4.17. The van der Waals surface area contributed by atoms with Gasteiger partial charge in [0.25, 0.3) is 0 Å². The average molecular weight is 498 g/mol. The van der Waals surface area contributed by atoms with Crippen LogP contribution in [0.5, 0.6) is 5.75 Å². The fraction of sp³-hybridized carbons (Fsp3) is 0.333. The number of ether oxygens (including phenoxy) is 1. The van der Waals surface area contributed by atoms with Gasteiger partial charge in [-0.1, -0.05) is 12.1 Å². The van der Waals surface area contributed by atoms with E-state index in [4.69, 9.17) is 4.74 Å². The van der Waals surface area contributed by atoms with Crippen LogP contribution in [-0.2, 0) is 22.2 Å². The summed E-state index contributed by atoms with van der Waals surface area (Å²) < 4.78 is 83.6. The van der Waals surface area contributed by atoms with E-state index in [9.17, 15) is 35.9 Å². The van der Waals surface area contributed by atoms with Crippen molar-refractivity contribution >= 4 is 28.8 Å². The molecule has 2 aromatic rings. The molecule has 2 amide bonds. The Morgan fingerprint density at radius 3 is 2.46 bits per heavy atom. The zero-order valence-electron chi connectivity index (χ0n) is 18.2. The topological polar surface area (TPSA) is 58.6 Å². The molecule has 5 nitrogen and oxygen atoms in total. The monoisotopic (exact) mass is 498 g/mol. The number of nitrogens with zero attached hydrogens (tertiary/aromatic N) is 1. The lowest BCUT2D eigenvalue weighted by atomic mass is 9.98. The van der Waals surface area contributed by atoms with Gasteiger partial charge in [-0.3, -0.25) is 9.59 Å².